The molecule has 0 saturated carbocycles. The molecule has 1 heterocycles. The van der Waals surface area contributed by atoms with Gasteiger partial charge < -0.3 is 9.88 Å². The Hall–Kier alpha value is -1.84. The molecule has 0 unspecified atom stereocenters. The van der Waals surface area contributed by atoms with Crippen molar-refractivity contribution in [1.29, 1.82) is 0 Å². The lowest BCUT2D eigenvalue weighted by Crippen LogP contribution is -2.33. The first-order chi connectivity index (χ1) is 9.24. The van der Waals surface area contributed by atoms with E-state index in [2.05, 4.69) is 23.8 Å². The molecule has 19 heavy (non-hydrogen) atoms. The lowest BCUT2D eigenvalue weighted by Gasteiger charge is -2.21. The number of carbonyl (C=O) groups is 1. The van der Waals surface area contributed by atoms with Crippen LogP contribution in [0.5, 0.6) is 0 Å². The fraction of sp³-hybridized carbons (Fsp3) is 0.467. The van der Waals surface area contributed by atoms with Gasteiger partial charge in [-0.25, -0.2) is 4.98 Å². The number of amides is 1. The van der Waals surface area contributed by atoms with Gasteiger partial charge in [-0.2, -0.15) is 0 Å². The average molecular weight is 259 g/mol. The highest BCUT2D eigenvalue weighted by Gasteiger charge is 2.12. The third-order valence-corrected chi connectivity index (χ3v) is 3.18. The van der Waals surface area contributed by atoms with E-state index in [1.54, 1.807) is 6.33 Å². The smallest absolute Gasteiger partial charge is 0.226 e. The predicted molar refractivity (Wildman–Crippen MR) is 77.0 cm³/mol. The van der Waals surface area contributed by atoms with Gasteiger partial charge in [-0.15, -0.1) is 0 Å². The molecule has 2 aromatic rings. The van der Waals surface area contributed by atoms with Gasteiger partial charge in [-0.3, -0.25) is 4.79 Å². The van der Waals surface area contributed by atoms with Crippen LogP contribution in [0.3, 0.4) is 0 Å². The molecule has 1 N–H and O–H groups in total. The van der Waals surface area contributed by atoms with Gasteiger partial charge in [0.05, 0.1) is 23.8 Å². The number of imidazole rings is 1. The van der Waals surface area contributed by atoms with Crippen molar-refractivity contribution >= 4 is 16.9 Å². The largest absolute Gasteiger partial charge is 0.345 e. The highest BCUT2D eigenvalue weighted by atomic mass is 16.2. The molecular formula is C15H21N3O. The number of carbonyl (C=O) groups excluding carboxylic acids is 1. The maximum absolute atomic E-state index is 12.3. The summed E-state index contributed by atoms with van der Waals surface area (Å²) < 4.78 is 0. The number of hydrogen-bond acceptors (Lipinski definition) is 2. The summed E-state index contributed by atoms with van der Waals surface area (Å²) in [5.41, 5.74) is 2.97. The van der Waals surface area contributed by atoms with Crippen LogP contribution in [0.2, 0.25) is 0 Å². The summed E-state index contributed by atoms with van der Waals surface area (Å²) in [6.45, 7) is 5.90. The number of aromatic amines is 1. The lowest BCUT2D eigenvalue weighted by molar-refractivity contribution is -0.130. The Labute approximate surface area is 113 Å². The van der Waals surface area contributed by atoms with Gasteiger partial charge >= 0.3 is 0 Å². The number of H-pyrrole nitrogens is 1. The van der Waals surface area contributed by atoms with E-state index in [0.29, 0.717) is 6.42 Å². The van der Waals surface area contributed by atoms with Crippen LogP contribution in [0.25, 0.3) is 11.0 Å². The minimum Gasteiger partial charge on any atom is -0.345 e. The molecule has 0 bridgehead atoms. The monoisotopic (exact) mass is 259 g/mol. The molecule has 0 aliphatic heterocycles. The second kappa shape index (κ2) is 6.36. The zero-order valence-electron chi connectivity index (χ0n) is 11.6. The number of aromatic nitrogens is 2. The van der Waals surface area contributed by atoms with Gasteiger partial charge in [0.25, 0.3) is 0 Å². The van der Waals surface area contributed by atoms with Crippen molar-refractivity contribution in [3.8, 4) is 0 Å². The number of hydrogen-bond donors (Lipinski definition) is 1. The van der Waals surface area contributed by atoms with Gasteiger partial charge in [-0.05, 0) is 30.5 Å². The molecule has 102 valence electrons. The van der Waals surface area contributed by atoms with E-state index < -0.39 is 0 Å². The van der Waals surface area contributed by atoms with E-state index in [1.807, 2.05) is 23.1 Å². The Balaban J connectivity index is 2.07. The Morgan fingerprint density at radius 2 is 2.00 bits per heavy atom. The molecule has 1 amide bonds. The molecule has 4 heteroatoms. The zero-order valence-corrected chi connectivity index (χ0v) is 11.6. The van der Waals surface area contributed by atoms with Gasteiger partial charge in [0.1, 0.15) is 0 Å². The number of nitrogens with zero attached hydrogens (tertiary/aromatic N) is 2. The maximum Gasteiger partial charge on any atom is 0.226 e. The second-order valence-corrected chi connectivity index (χ2v) is 4.81. The fourth-order valence-corrected chi connectivity index (χ4v) is 2.28. The third-order valence-electron chi connectivity index (χ3n) is 3.18. The SMILES string of the molecule is CCCN(CCC)C(=O)Cc1ccc2nc[nH]c2c1. The van der Waals surface area contributed by atoms with Crippen molar-refractivity contribution in [3.63, 3.8) is 0 Å². The molecular weight excluding hydrogens is 238 g/mol. The lowest BCUT2D eigenvalue weighted by atomic mass is 10.1. The number of nitrogens with one attached hydrogen (secondary N) is 1. The third kappa shape index (κ3) is 3.34. The Morgan fingerprint density at radius 1 is 1.26 bits per heavy atom. The maximum atomic E-state index is 12.3. The molecule has 2 rings (SSSR count). The summed E-state index contributed by atoms with van der Waals surface area (Å²) in [6, 6.07) is 5.95. The highest BCUT2D eigenvalue weighted by molar-refractivity contribution is 5.81. The summed E-state index contributed by atoms with van der Waals surface area (Å²) in [5.74, 6) is 0.211. The molecule has 0 aliphatic carbocycles. The minimum absolute atomic E-state index is 0.211. The molecule has 0 aliphatic rings. The van der Waals surface area contributed by atoms with Crippen LogP contribution >= 0.6 is 0 Å². The van der Waals surface area contributed by atoms with Gasteiger partial charge in [0.15, 0.2) is 0 Å². The Kier molecular flexibility index (Phi) is 4.55. The average Bonchev–Trinajstić information content (AvgIpc) is 2.86. The first-order valence-electron chi connectivity index (χ1n) is 6.94. The van der Waals surface area contributed by atoms with Gasteiger partial charge in [0, 0.05) is 13.1 Å². The zero-order chi connectivity index (χ0) is 13.7. The minimum atomic E-state index is 0.211. The number of fused-ring (bicyclic) bond motifs is 1. The highest BCUT2D eigenvalue weighted by Crippen LogP contribution is 2.13. The Bertz CT molecular complexity index is 541. The van der Waals surface area contributed by atoms with E-state index in [-0.39, 0.29) is 5.91 Å². The van der Waals surface area contributed by atoms with Crippen LogP contribution in [-0.4, -0.2) is 33.9 Å². The van der Waals surface area contributed by atoms with E-state index in [9.17, 15) is 4.79 Å². The van der Waals surface area contributed by atoms with E-state index in [1.165, 1.54) is 0 Å². The van der Waals surface area contributed by atoms with Crippen molar-refractivity contribution in [3.05, 3.63) is 30.1 Å². The topological polar surface area (TPSA) is 49.0 Å². The summed E-state index contributed by atoms with van der Waals surface area (Å²) in [5, 5.41) is 0. The van der Waals surface area contributed by atoms with Crippen LogP contribution < -0.4 is 0 Å². The van der Waals surface area contributed by atoms with Crippen LogP contribution in [0.15, 0.2) is 24.5 Å². The molecule has 0 radical (unpaired) electrons. The molecule has 0 saturated heterocycles. The van der Waals surface area contributed by atoms with Crippen LogP contribution in [0.4, 0.5) is 0 Å². The van der Waals surface area contributed by atoms with Crippen molar-refractivity contribution in [1.82, 2.24) is 14.9 Å². The number of benzene rings is 1. The first kappa shape index (κ1) is 13.6. The molecule has 4 nitrogen and oxygen atoms in total. The van der Waals surface area contributed by atoms with Gasteiger partial charge in [-0.1, -0.05) is 19.9 Å². The normalized spacial score (nSPS) is 10.8. The van der Waals surface area contributed by atoms with E-state index >= 15 is 0 Å². The summed E-state index contributed by atoms with van der Waals surface area (Å²) in [7, 11) is 0. The summed E-state index contributed by atoms with van der Waals surface area (Å²) in [6.07, 6.45) is 4.16. The molecule has 0 spiro atoms. The van der Waals surface area contributed by atoms with Crippen LogP contribution in [0.1, 0.15) is 32.3 Å². The first-order valence-corrected chi connectivity index (χ1v) is 6.94. The Morgan fingerprint density at radius 3 is 2.68 bits per heavy atom. The quantitative estimate of drug-likeness (QED) is 0.867. The summed E-state index contributed by atoms with van der Waals surface area (Å²) >= 11 is 0. The summed E-state index contributed by atoms with van der Waals surface area (Å²) in [4.78, 5) is 21.5. The standard InChI is InChI=1S/C15H21N3O/c1-3-7-18(8-4-2)15(19)10-12-5-6-13-14(9-12)17-11-16-13/h5-6,9,11H,3-4,7-8,10H2,1-2H3,(H,16,17). The van der Waals surface area contributed by atoms with E-state index in [4.69, 9.17) is 0 Å². The second-order valence-electron chi connectivity index (χ2n) is 4.81. The van der Waals surface area contributed by atoms with Crippen molar-refractivity contribution in [2.45, 2.75) is 33.1 Å². The van der Waals surface area contributed by atoms with Crippen molar-refractivity contribution in [2.24, 2.45) is 0 Å². The van der Waals surface area contributed by atoms with Crippen molar-refractivity contribution < 1.29 is 4.79 Å². The van der Waals surface area contributed by atoms with E-state index in [0.717, 1.165) is 42.5 Å². The van der Waals surface area contributed by atoms with Crippen molar-refractivity contribution in [2.75, 3.05) is 13.1 Å². The molecule has 0 atom stereocenters. The van der Waals surface area contributed by atoms with Gasteiger partial charge in [0.2, 0.25) is 5.91 Å². The molecule has 1 aromatic heterocycles. The van der Waals surface area contributed by atoms with Crippen LogP contribution in [-0.2, 0) is 11.2 Å². The number of rotatable bonds is 6. The predicted octanol–water partition coefficient (Wildman–Crippen LogP) is 2.75. The van der Waals surface area contributed by atoms with Crippen LogP contribution in [0, 0.1) is 0 Å². The fourth-order valence-electron chi connectivity index (χ4n) is 2.28. The molecule has 1 aromatic carbocycles. The molecule has 0 fully saturated rings.